The molecule has 0 aliphatic carbocycles. The summed E-state index contributed by atoms with van der Waals surface area (Å²) >= 11 is 0. The highest BCUT2D eigenvalue weighted by atomic mass is 19.4. The molecule has 0 radical (unpaired) electrons. The van der Waals surface area contributed by atoms with Gasteiger partial charge in [-0.1, -0.05) is 0 Å². The molecule has 0 unspecified atom stereocenters. The zero-order valence-electron chi connectivity index (χ0n) is 20.8. The summed E-state index contributed by atoms with van der Waals surface area (Å²) in [6, 6.07) is 4.37. The van der Waals surface area contributed by atoms with E-state index in [0.29, 0.717) is 17.8 Å². The monoisotopic (exact) mass is 494 g/mol. The minimum Gasteiger partial charge on any atom is -0.382 e. The van der Waals surface area contributed by atoms with Crippen LogP contribution >= 0.6 is 0 Å². The van der Waals surface area contributed by atoms with Crippen LogP contribution in [-0.4, -0.2) is 25.4 Å². The molecule has 182 valence electrons. The molecule has 0 spiro atoms. The predicted octanol–water partition coefficient (Wildman–Crippen LogP) is 4.56. The fraction of sp³-hybridized carbons (Fsp3) is 0.174. The SMILES string of the molecule is [2H]C([2H])([2H])c1nc(-c2ccc(NC(=O)[C@H](O)c3cc(F)cc(C(F)(F)F)c3)cc2F)c2c(N)nc(C)cn12. The minimum absolute atomic E-state index is 0.0411. The Morgan fingerprint density at radius 3 is 2.60 bits per heavy atom. The molecule has 0 saturated heterocycles. The molecule has 1 amide bonds. The average molecular weight is 494 g/mol. The summed E-state index contributed by atoms with van der Waals surface area (Å²) in [5.74, 6) is -4.02. The molecule has 0 saturated carbocycles. The highest BCUT2D eigenvalue weighted by molar-refractivity contribution is 5.95. The van der Waals surface area contributed by atoms with Gasteiger partial charge in [-0.05, 0) is 55.7 Å². The van der Waals surface area contributed by atoms with Crippen molar-refractivity contribution in [2.75, 3.05) is 11.1 Å². The van der Waals surface area contributed by atoms with Crippen molar-refractivity contribution in [3.8, 4) is 11.3 Å². The third-order valence-electron chi connectivity index (χ3n) is 5.07. The van der Waals surface area contributed by atoms with Crippen LogP contribution in [0.3, 0.4) is 0 Å². The van der Waals surface area contributed by atoms with E-state index in [4.69, 9.17) is 9.85 Å². The number of hydrogen-bond donors (Lipinski definition) is 3. The molecule has 7 nitrogen and oxygen atoms in total. The van der Waals surface area contributed by atoms with Gasteiger partial charge in [0.05, 0.1) is 11.3 Å². The number of hydrogen-bond acceptors (Lipinski definition) is 5. The number of fused-ring (bicyclic) bond motifs is 1. The van der Waals surface area contributed by atoms with Crippen LogP contribution in [0, 0.1) is 25.4 Å². The highest BCUT2D eigenvalue weighted by Gasteiger charge is 2.32. The van der Waals surface area contributed by atoms with Gasteiger partial charge >= 0.3 is 6.18 Å². The molecule has 35 heavy (non-hydrogen) atoms. The summed E-state index contributed by atoms with van der Waals surface area (Å²) in [6.07, 6.45) is -5.74. The van der Waals surface area contributed by atoms with Gasteiger partial charge in [0.15, 0.2) is 6.10 Å². The molecule has 0 fully saturated rings. The molecule has 1 atom stereocenters. The zero-order chi connectivity index (χ0) is 28.2. The van der Waals surface area contributed by atoms with Crippen molar-refractivity contribution in [1.29, 1.82) is 0 Å². The molecule has 4 N–H and O–H groups in total. The van der Waals surface area contributed by atoms with E-state index in [1.165, 1.54) is 16.7 Å². The van der Waals surface area contributed by atoms with Gasteiger partial charge in [0, 0.05) is 21.6 Å². The largest absolute Gasteiger partial charge is 0.416 e. The number of halogens is 5. The number of aromatic nitrogens is 3. The first-order valence-corrected chi connectivity index (χ1v) is 9.88. The van der Waals surface area contributed by atoms with Crippen LogP contribution < -0.4 is 11.1 Å². The van der Waals surface area contributed by atoms with E-state index >= 15 is 4.39 Å². The molecule has 12 heteroatoms. The van der Waals surface area contributed by atoms with Gasteiger partial charge in [0.2, 0.25) is 0 Å². The van der Waals surface area contributed by atoms with Gasteiger partial charge in [0.1, 0.15) is 34.5 Å². The third-order valence-corrected chi connectivity index (χ3v) is 5.07. The average Bonchev–Trinajstić information content (AvgIpc) is 3.17. The van der Waals surface area contributed by atoms with Crippen LogP contribution in [0.15, 0.2) is 42.6 Å². The first-order valence-electron chi connectivity index (χ1n) is 11.4. The number of anilines is 2. The van der Waals surface area contributed by atoms with Gasteiger partial charge in [-0.25, -0.2) is 18.7 Å². The Morgan fingerprint density at radius 1 is 1.20 bits per heavy atom. The van der Waals surface area contributed by atoms with E-state index < -0.39 is 47.8 Å². The fourth-order valence-electron chi connectivity index (χ4n) is 3.53. The molecular formula is C23H18F5N5O2. The molecule has 0 aliphatic heterocycles. The zero-order valence-corrected chi connectivity index (χ0v) is 17.8. The lowest BCUT2D eigenvalue weighted by Crippen LogP contribution is -2.21. The topological polar surface area (TPSA) is 106 Å². The molecule has 2 aromatic carbocycles. The number of aliphatic hydroxyl groups is 1. The number of rotatable bonds is 4. The van der Waals surface area contributed by atoms with Gasteiger partial charge in [-0.15, -0.1) is 0 Å². The molecular weight excluding hydrogens is 473 g/mol. The van der Waals surface area contributed by atoms with E-state index in [2.05, 4.69) is 15.3 Å². The van der Waals surface area contributed by atoms with Crippen LogP contribution in [0.25, 0.3) is 16.8 Å². The van der Waals surface area contributed by atoms with Gasteiger partial charge in [-0.3, -0.25) is 9.20 Å². The van der Waals surface area contributed by atoms with Crippen molar-refractivity contribution in [1.82, 2.24) is 14.4 Å². The molecule has 0 bridgehead atoms. The Kier molecular flexibility index (Phi) is 5.00. The summed E-state index contributed by atoms with van der Waals surface area (Å²) in [6.45, 7) is -1.09. The number of carbonyl (C=O) groups excluding carboxylic acids is 1. The van der Waals surface area contributed by atoms with Crippen molar-refractivity contribution in [2.24, 2.45) is 0 Å². The normalized spacial score (nSPS) is 14.3. The molecule has 0 aliphatic rings. The van der Waals surface area contributed by atoms with Gasteiger partial charge in [-0.2, -0.15) is 13.2 Å². The van der Waals surface area contributed by atoms with Crippen LogP contribution in [0.5, 0.6) is 0 Å². The maximum atomic E-state index is 15.2. The lowest BCUT2D eigenvalue weighted by Gasteiger charge is -2.15. The second-order valence-corrected chi connectivity index (χ2v) is 7.63. The summed E-state index contributed by atoms with van der Waals surface area (Å²) in [7, 11) is 0. The standard InChI is InChI=1S/C23H18F5N5O2/c1-10-9-33-11(2)31-18(19(33)21(29)30-10)16-4-3-15(8-17(16)25)32-22(35)20(34)12-5-13(23(26,27)28)7-14(24)6-12/h3-9,20,34H,1-2H3,(H2,29,30)(H,32,35)/t20-/m1/s1/i2D3. The second kappa shape index (κ2) is 8.62. The van der Waals surface area contributed by atoms with Crippen LogP contribution in [0.2, 0.25) is 0 Å². The summed E-state index contributed by atoms with van der Waals surface area (Å²) in [5, 5.41) is 12.3. The number of imidazole rings is 1. The Labute approximate surface area is 199 Å². The lowest BCUT2D eigenvalue weighted by molar-refractivity contribution is -0.138. The van der Waals surface area contributed by atoms with E-state index in [-0.39, 0.29) is 40.2 Å². The number of aryl methyl sites for hydroxylation is 2. The Morgan fingerprint density at radius 2 is 1.94 bits per heavy atom. The van der Waals surface area contributed by atoms with E-state index in [1.54, 1.807) is 6.92 Å². The highest BCUT2D eigenvalue weighted by Crippen LogP contribution is 2.33. The second-order valence-electron chi connectivity index (χ2n) is 7.63. The van der Waals surface area contributed by atoms with Crippen LogP contribution in [0.1, 0.15) is 32.9 Å². The van der Waals surface area contributed by atoms with Crippen molar-refractivity contribution in [3.63, 3.8) is 0 Å². The number of aliphatic hydroxyl groups excluding tert-OH is 1. The number of nitrogens with zero attached hydrogens (tertiary/aromatic N) is 3. The lowest BCUT2D eigenvalue weighted by atomic mass is 10.0. The smallest absolute Gasteiger partial charge is 0.382 e. The molecule has 4 rings (SSSR count). The minimum atomic E-state index is -4.92. The number of alkyl halides is 3. The third kappa shape index (κ3) is 4.64. The summed E-state index contributed by atoms with van der Waals surface area (Å²) in [4.78, 5) is 20.6. The number of benzene rings is 2. The summed E-state index contributed by atoms with van der Waals surface area (Å²) < 4.78 is 92.1. The van der Waals surface area contributed by atoms with Crippen LogP contribution in [-0.2, 0) is 11.0 Å². The molecule has 2 aromatic heterocycles. The number of nitrogens with two attached hydrogens (primary N) is 1. The number of nitrogens with one attached hydrogen (secondary N) is 1. The fourth-order valence-corrected chi connectivity index (χ4v) is 3.53. The maximum Gasteiger partial charge on any atom is 0.416 e. The van der Waals surface area contributed by atoms with E-state index in [1.807, 2.05) is 0 Å². The van der Waals surface area contributed by atoms with E-state index in [9.17, 15) is 27.5 Å². The number of carbonyl (C=O) groups is 1. The first-order chi connectivity index (χ1) is 17.6. The summed E-state index contributed by atoms with van der Waals surface area (Å²) in [5.41, 5.74) is 3.83. The Balaban J connectivity index is 1.67. The van der Waals surface area contributed by atoms with Crippen molar-refractivity contribution in [3.05, 3.63) is 76.9 Å². The van der Waals surface area contributed by atoms with Crippen molar-refractivity contribution >= 4 is 22.9 Å². The van der Waals surface area contributed by atoms with E-state index in [0.717, 1.165) is 12.1 Å². The quantitative estimate of drug-likeness (QED) is 0.361. The number of amides is 1. The predicted molar refractivity (Wildman–Crippen MR) is 117 cm³/mol. The first kappa shape index (κ1) is 20.3. The Hall–Kier alpha value is -4.06. The number of nitrogen functional groups attached to an aromatic ring is 1. The van der Waals surface area contributed by atoms with Gasteiger partial charge < -0.3 is 16.2 Å². The maximum absolute atomic E-state index is 15.2. The van der Waals surface area contributed by atoms with Crippen molar-refractivity contribution in [2.45, 2.75) is 26.1 Å². The molecule has 2 heterocycles. The van der Waals surface area contributed by atoms with Crippen LogP contribution in [0.4, 0.5) is 33.5 Å². The van der Waals surface area contributed by atoms with Crippen molar-refractivity contribution < 1.29 is 36.0 Å². The van der Waals surface area contributed by atoms with Gasteiger partial charge in [0.25, 0.3) is 5.91 Å². The Bertz CT molecular complexity index is 1570. The molecule has 4 aromatic rings.